The van der Waals surface area contributed by atoms with Crippen LogP contribution < -0.4 is 10.1 Å². The van der Waals surface area contributed by atoms with Gasteiger partial charge in [-0.2, -0.15) is 0 Å². The fourth-order valence-corrected chi connectivity index (χ4v) is 3.42. The molecule has 1 unspecified atom stereocenters. The molecule has 0 aliphatic heterocycles. The highest BCUT2D eigenvalue weighted by atomic mass is 16.5. The lowest BCUT2D eigenvalue weighted by Gasteiger charge is -2.16. The van der Waals surface area contributed by atoms with Crippen molar-refractivity contribution in [3.63, 3.8) is 0 Å². The van der Waals surface area contributed by atoms with E-state index >= 15 is 0 Å². The second-order valence-corrected chi connectivity index (χ2v) is 7.67. The molecular formula is C27H29NO5. The van der Waals surface area contributed by atoms with Gasteiger partial charge in [-0.25, -0.2) is 4.79 Å². The Morgan fingerprint density at radius 2 is 1.61 bits per heavy atom. The monoisotopic (exact) mass is 447 g/mol. The van der Waals surface area contributed by atoms with Crippen LogP contribution in [0.1, 0.15) is 25.0 Å². The van der Waals surface area contributed by atoms with E-state index in [1.807, 2.05) is 36.4 Å². The molecule has 1 amide bonds. The summed E-state index contributed by atoms with van der Waals surface area (Å²) in [4.78, 5) is 23.8. The van der Waals surface area contributed by atoms with Gasteiger partial charge in [0.2, 0.25) is 0 Å². The Bertz CT molecular complexity index is 1050. The Morgan fingerprint density at radius 1 is 0.909 bits per heavy atom. The summed E-state index contributed by atoms with van der Waals surface area (Å²) in [5.74, 6) is -0.668. The molecule has 0 aliphatic rings. The molecule has 0 aromatic heterocycles. The number of nitrogens with one attached hydrogen (secondary N) is 1. The van der Waals surface area contributed by atoms with E-state index in [0.29, 0.717) is 18.9 Å². The van der Waals surface area contributed by atoms with Crippen molar-refractivity contribution in [1.29, 1.82) is 0 Å². The molecule has 3 aromatic rings. The highest BCUT2D eigenvalue weighted by Crippen LogP contribution is 2.20. The van der Waals surface area contributed by atoms with Crippen LogP contribution >= 0.6 is 0 Å². The lowest BCUT2D eigenvalue weighted by atomic mass is 10.0. The molecular weight excluding hydrogens is 418 g/mol. The van der Waals surface area contributed by atoms with Crippen molar-refractivity contribution in [2.45, 2.75) is 39.0 Å². The molecule has 0 spiro atoms. The number of rotatable bonds is 11. The van der Waals surface area contributed by atoms with Gasteiger partial charge in [-0.05, 0) is 54.3 Å². The van der Waals surface area contributed by atoms with Crippen LogP contribution in [0.5, 0.6) is 5.75 Å². The predicted octanol–water partition coefficient (Wildman–Crippen LogP) is 4.47. The van der Waals surface area contributed by atoms with Gasteiger partial charge in [-0.1, -0.05) is 60.7 Å². The van der Waals surface area contributed by atoms with E-state index < -0.39 is 18.2 Å². The van der Waals surface area contributed by atoms with Gasteiger partial charge in [-0.3, -0.25) is 4.79 Å². The first-order chi connectivity index (χ1) is 16.0. The van der Waals surface area contributed by atoms with Crippen molar-refractivity contribution in [3.05, 3.63) is 90.0 Å². The zero-order valence-corrected chi connectivity index (χ0v) is 18.9. The summed E-state index contributed by atoms with van der Waals surface area (Å²) in [6, 6.07) is 25.2. The smallest absolute Gasteiger partial charge is 0.333 e. The fourth-order valence-electron chi connectivity index (χ4n) is 3.42. The normalized spacial score (nSPS) is 12.5. The van der Waals surface area contributed by atoms with E-state index in [9.17, 15) is 14.7 Å². The SMILES string of the molecule is CCO[C@H](Cc1ccc(OC(C)C(=O)NCc2cccc(-c3ccccc3)c2)cc1)C(=O)O. The zero-order chi connectivity index (χ0) is 23.6. The Kier molecular flexibility index (Phi) is 8.61. The Hall–Kier alpha value is -3.64. The number of hydrogen-bond acceptors (Lipinski definition) is 4. The molecule has 3 aromatic carbocycles. The van der Waals surface area contributed by atoms with Crippen molar-refractivity contribution >= 4 is 11.9 Å². The van der Waals surface area contributed by atoms with E-state index in [0.717, 1.165) is 22.3 Å². The van der Waals surface area contributed by atoms with Crippen molar-refractivity contribution in [3.8, 4) is 16.9 Å². The molecule has 2 N–H and O–H groups in total. The Labute approximate surface area is 194 Å². The van der Waals surface area contributed by atoms with E-state index in [1.54, 1.807) is 38.1 Å². The van der Waals surface area contributed by atoms with Crippen molar-refractivity contribution in [2.24, 2.45) is 0 Å². The minimum absolute atomic E-state index is 0.216. The van der Waals surface area contributed by atoms with Crippen LogP contribution in [0.2, 0.25) is 0 Å². The van der Waals surface area contributed by atoms with Crippen LogP contribution in [0.4, 0.5) is 0 Å². The van der Waals surface area contributed by atoms with Crippen LogP contribution in [0.15, 0.2) is 78.9 Å². The van der Waals surface area contributed by atoms with Gasteiger partial charge in [0.1, 0.15) is 5.75 Å². The topological polar surface area (TPSA) is 84.9 Å². The number of hydrogen-bond donors (Lipinski definition) is 2. The van der Waals surface area contributed by atoms with Gasteiger partial charge in [0.05, 0.1) is 0 Å². The van der Waals surface area contributed by atoms with Crippen LogP contribution in [0.25, 0.3) is 11.1 Å². The fraction of sp³-hybridized carbons (Fsp3) is 0.259. The molecule has 0 aliphatic carbocycles. The molecule has 0 saturated carbocycles. The van der Waals surface area contributed by atoms with Gasteiger partial charge < -0.3 is 19.9 Å². The maximum atomic E-state index is 12.5. The highest BCUT2D eigenvalue weighted by Gasteiger charge is 2.18. The second-order valence-electron chi connectivity index (χ2n) is 7.67. The number of amides is 1. The maximum Gasteiger partial charge on any atom is 0.333 e. The first-order valence-corrected chi connectivity index (χ1v) is 11.0. The third-order valence-electron chi connectivity index (χ3n) is 5.17. The standard InChI is InChI=1S/C27H29NO5/c1-3-32-25(27(30)31)17-20-12-14-24(15-13-20)33-19(2)26(29)28-18-21-8-7-11-23(16-21)22-9-5-4-6-10-22/h4-16,19,25H,3,17-18H2,1-2H3,(H,28,29)(H,30,31)/t19?,25-/m1/s1. The summed E-state index contributed by atoms with van der Waals surface area (Å²) < 4.78 is 11.0. The van der Waals surface area contributed by atoms with Crippen molar-refractivity contribution < 1.29 is 24.2 Å². The van der Waals surface area contributed by atoms with E-state index in [1.165, 1.54) is 0 Å². The molecule has 0 heterocycles. The Balaban J connectivity index is 1.52. The van der Waals surface area contributed by atoms with E-state index in [2.05, 4.69) is 23.5 Å². The van der Waals surface area contributed by atoms with E-state index in [4.69, 9.17) is 9.47 Å². The number of ether oxygens (including phenoxy) is 2. The molecule has 6 nitrogen and oxygen atoms in total. The molecule has 2 atom stereocenters. The number of carbonyl (C=O) groups excluding carboxylic acids is 1. The number of aliphatic carboxylic acids is 1. The van der Waals surface area contributed by atoms with Crippen LogP contribution in [0, 0.1) is 0 Å². The number of carbonyl (C=O) groups is 2. The van der Waals surface area contributed by atoms with Crippen molar-refractivity contribution in [1.82, 2.24) is 5.32 Å². The quantitative estimate of drug-likeness (QED) is 0.453. The van der Waals surface area contributed by atoms with Gasteiger partial charge in [0.25, 0.3) is 5.91 Å². The average molecular weight is 448 g/mol. The van der Waals surface area contributed by atoms with Gasteiger partial charge in [-0.15, -0.1) is 0 Å². The summed E-state index contributed by atoms with van der Waals surface area (Å²) in [6.45, 7) is 4.19. The summed E-state index contributed by atoms with van der Waals surface area (Å²) in [6.07, 6.45) is -1.29. The third-order valence-corrected chi connectivity index (χ3v) is 5.17. The number of carboxylic acids is 1. The molecule has 3 rings (SSSR count). The first-order valence-electron chi connectivity index (χ1n) is 11.0. The Morgan fingerprint density at radius 3 is 2.27 bits per heavy atom. The molecule has 33 heavy (non-hydrogen) atoms. The van der Waals surface area contributed by atoms with E-state index in [-0.39, 0.29) is 12.3 Å². The van der Waals surface area contributed by atoms with Crippen molar-refractivity contribution in [2.75, 3.05) is 6.61 Å². The molecule has 6 heteroatoms. The third kappa shape index (κ3) is 7.19. The molecule has 0 saturated heterocycles. The minimum Gasteiger partial charge on any atom is -0.481 e. The largest absolute Gasteiger partial charge is 0.481 e. The number of benzene rings is 3. The minimum atomic E-state index is -0.989. The summed E-state index contributed by atoms with van der Waals surface area (Å²) >= 11 is 0. The molecule has 0 fully saturated rings. The summed E-state index contributed by atoms with van der Waals surface area (Å²) in [5.41, 5.74) is 4.05. The first kappa shape index (κ1) is 24.0. The average Bonchev–Trinajstić information content (AvgIpc) is 2.84. The molecule has 172 valence electrons. The zero-order valence-electron chi connectivity index (χ0n) is 18.9. The lowest BCUT2D eigenvalue weighted by Crippen LogP contribution is -2.35. The highest BCUT2D eigenvalue weighted by molar-refractivity contribution is 5.80. The van der Waals surface area contributed by atoms with Gasteiger partial charge in [0.15, 0.2) is 12.2 Å². The summed E-state index contributed by atoms with van der Waals surface area (Å²) in [5, 5.41) is 12.1. The van der Waals surface area contributed by atoms with Gasteiger partial charge in [0, 0.05) is 19.6 Å². The lowest BCUT2D eigenvalue weighted by molar-refractivity contribution is -0.150. The van der Waals surface area contributed by atoms with Crippen LogP contribution in [-0.2, 0) is 27.3 Å². The van der Waals surface area contributed by atoms with Gasteiger partial charge >= 0.3 is 5.97 Å². The molecule has 0 bridgehead atoms. The predicted molar refractivity (Wildman–Crippen MR) is 127 cm³/mol. The van der Waals surface area contributed by atoms with Crippen LogP contribution in [-0.4, -0.2) is 35.8 Å². The van der Waals surface area contributed by atoms with Crippen LogP contribution in [0.3, 0.4) is 0 Å². The number of carboxylic acid groups (broad SMARTS) is 1. The summed E-state index contributed by atoms with van der Waals surface area (Å²) in [7, 11) is 0. The maximum absolute atomic E-state index is 12.5. The molecule has 0 radical (unpaired) electrons. The second kappa shape index (κ2) is 11.8.